The standard InChI is InChI=1S/C12H9Cl2F3N4/c1-20-10(4-7(19)5-18)21-11-8(13)2-6(3-9(11)14)12(15,16)17/h2-4,19-21H,1H3/b10-4-,19-7?. The highest BCUT2D eigenvalue weighted by atomic mass is 35.5. The van der Waals surface area contributed by atoms with Gasteiger partial charge in [-0.3, -0.25) is 5.41 Å². The van der Waals surface area contributed by atoms with Gasteiger partial charge in [0.25, 0.3) is 0 Å². The Morgan fingerprint density at radius 3 is 2.24 bits per heavy atom. The summed E-state index contributed by atoms with van der Waals surface area (Å²) in [5.74, 6) is 0.185. The summed E-state index contributed by atoms with van der Waals surface area (Å²) in [4.78, 5) is 0. The minimum absolute atomic E-state index is 0.0395. The molecule has 0 atom stereocenters. The molecule has 1 aromatic carbocycles. The third-order valence-electron chi connectivity index (χ3n) is 2.31. The normalized spacial score (nSPS) is 11.8. The van der Waals surface area contributed by atoms with Gasteiger partial charge in [0.15, 0.2) is 0 Å². The average Bonchev–Trinajstić information content (AvgIpc) is 2.39. The number of halogens is 5. The van der Waals surface area contributed by atoms with Crippen molar-refractivity contribution >= 4 is 34.6 Å². The second-order valence-electron chi connectivity index (χ2n) is 3.77. The Morgan fingerprint density at radius 2 is 1.86 bits per heavy atom. The average molecular weight is 337 g/mol. The number of nitriles is 1. The number of nitrogens with one attached hydrogen (secondary N) is 3. The van der Waals surface area contributed by atoms with Crippen LogP contribution in [0.5, 0.6) is 0 Å². The molecule has 0 aliphatic heterocycles. The Bertz CT molecular complexity index is 609. The molecule has 0 aliphatic rings. The van der Waals surface area contributed by atoms with Gasteiger partial charge in [-0.05, 0) is 12.1 Å². The molecule has 0 amide bonds. The van der Waals surface area contributed by atoms with Crippen LogP contribution in [0, 0.1) is 16.7 Å². The zero-order chi connectivity index (χ0) is 16.2. The van der Waals surface area contributed by atoms with Gasteiger partial charge in [-0.15, -0.1) is 0 Å². The Morgan fingerprint density at radius 1 is 1.33 bits per heavy atom. The molecule has 0 bridgehead atoms. The molecule has 112 valence electrons. The van der Waals surface area contributed by atoms with Crippen LogP contribution in [0.1, 0.15) is 5.56 Å². The third kappa shape index (κ3) is 4.55. The first-order chi connectivity index (χ1) is 9.68. The molecular weight excluding hydrogens is 328 g/mol. The van der Waals surface area contributed by atoms with E-state index in [1.807, 2.05) is 0 Å². The van der Waals surface area contributed by atoms with Crippen molar-refractivity contribution in [2.45, 2.75) is 6.18 Å². The second kappa shape index (κ2) is 6.70. The fourth-order valence-electron chi connectivity index (χ4n) is 1.34. The largest absolute Gasteiger partial charge is 0.416 e. The van der Waals surface area contributed by atoms with Crippen LogP contribution in [0.15, 0.2) is 24.0 Å². The lowest BCUT2D eigenvalue weighted by atomic mass is 10.2. The Hall–Kier alpha value is -1.91. The summed E-state index contributed by atoms with van der Waals surface area (Å²) in [5, 5.41) is 20.6. The zero-order valence-corrected chi connectivity index (χ0v) is 12.1. The molecule has 21 heavy (non-hydrogen) atoms. The lowest BCUT2D eigenvalue weighted by molar-refractivity contribution is -0.137. The van der Waals surface area contributed by atoms with E-state index in [2.05, 4.69) is 10.6 Å². The molecule has 0 aliphatic carbocycles. The smallest absolute Gasteiger partial charge is 0.375 e. The van der Waals surface area contributed by atoms with Gasteiger partial charge in [-0.2, -0.15) is 18.4 Å². The van der Waals surface area contributed by atoms with Gasteiger partial charge in [-0.25, -0.2) is 0 Å². The molecule has 0 spiro atoms. The van der Waals surface area contributed by atoms with Crippen LogP contribution in [0.3, 0.4) is 0 Å². The number of allylic oxidation sites excluding steroid dienone is 1. The molecule has 0 unspecified atom stereocenters. The van der Waals surface area contributed by atoms with Gasteiger partial charge < -0.3 is 10.6 Å². The van der Waals surface area contributed by atoms with Gasteiger partial charge in [-0.1, -0.05) is 23.2 Å². The maximum Gasteiger partial charge on any atom is 0.416 e. The van der Waals surface area contributed by atoms with Gasteiger partial charge >= 0.3 is 6.18 Å². The van der Waals surface area contributed by atoms with Crippen LogP contribution in [-0.2, 0) is 6.18 Å². The van der Waals surface area contributed by atoms with Crippen LogP contribution >= 0.6 is 23.2 Å². The fourth-order valence-corrected chi connectivity index (χ4v) is 1.92. The topological polar surface area (TPSA) is 71.7 Å². The molecule has 9 heteroatoms. The highest BCUT2D eigenvalue weighted by Gasteiger charge is 2.32. The zero-order valence-electron chi connectivity index (χ0n) is 10.6. The summed E-state index contributed by atoms with van der Waals surface area (Å²) >= 11 is 11.6. The monoisotopic (exact) mass is 336 g/mol. The van der Waals surface area contributed by atoms with Gasteiger partial charge in [0.1, 0.15) is 17.6 Å². The third-order valence-corrected chi connectivity index (χ3v) is 2.90. The van der Waals surface area contributed by atoms with Crippen molar-refractivity contribution < 1.29 is 13.2 Å². The van der Waals surface area contributed by atoms with Crippen LogP contribution in [0.2, 0.25) is 10.0 Å². The molecule has 0 saturated carbocycles. The summed E-state index contributed by atoms with van der Waals surface area (Å²) in [6.45, 7) is 0. The number of nitrogens with zero attached hydrogens (tertiary/aromatic N) is 1. The Kier molecular flexibility index (Phi) is 5.47. The molecule has 1 rings (SSSR count). The molecule has 0 aromatic heterocycles. The Balaban J connectivity index is 3.19. The van der Waals surface area contributed by atoms with E-state index in [9.17, 15) is 13.2 Å². The van der Waals surface area contributed by atoms with Crippen LogP contribution in [0.4, 0.5) is 18.9 Å². The maximum atomic E-state index is 12.6. The summed E-state index contributed by atoms with van der Waals surface area (Å²) in [7, 11) is 1.50. The number of anilines is 1. The summed E-state index contributed by atoms with van der Waals surface area (Å²) < 4.78 is 37.8. The van der Waals surface area contributed by atoms with Crippen molar-refractivity contribution in [3.63, 3.8) is 0 Å². The fraction of sp³-hybridized carbons (Fsp3) is 0.167. The van der Waals surface area contributed by atoms with Gasteiger partial charge in [0.2, 0.25) is 0 Å². The van der Waals surface area contributed by atoms with E-state index in [4.69, 9.17) is 33.9 Å². The molecular formula is C12H9Cl2F3N4. The van der Waals surface area contributed by atoms with Crippen molar-refractivity contribution in [3.05, 3.63) is 39.6 Å². The van der Waals surface area contributed by atoms with E-state index in [0.29, 0.717) is 0 Å². The van der Waals surface area contributed by atoms with Gasteiger partial charge in [0, 0.05) is 13.1 Å². The molecule has 0 heterocycles. The van der Waals surface area contributed by atoms with E-state index in [0.717, 1.165) is 18.2 Å². The molecule has 3 N–H and O–H groups in total. The van der Waals surface area contributed by atoms with Crippen LogP contribution in [0.25, 0.3) is 0 Å². The summed E-state index contributed by atoms with van der Waals surface area (Å²) in [5.41, 5.74) is -1.29. The van der Waals surface area contributed by atoms with Crippen molar-refractivity contribution in [1.29, 1.82) is 10.7 Å². The highest BCUT2D eigenvalue weighted by molar-refractivity contribution is 6.39. The van der Waals surface area contributed by atoms with Crippen molar-refractivity contribution in [1.82, 2.24) is 5.32 Å². The van der Waals surface area contributed by atoms with E-state index in [-0.39, 0.29) is 27.3 Å². The summed E-state index contributed by atoms with van der Waals surface area (Å²) in [6, 6.07) is 3.06. The quantitative estimate of drug-likeness (QED) is 0.727. The molecule has 0 fully saturated rings. The Labute approximate surface area is 128 Å². The SMILES string of the molecule is CN/C(=C/C(=N)C#N)Nc1c(Cl)cc(C(F)(F)F)cc1Cl. The van der Waals surface area contributed by atoms with E-state index in [1.165, 1.54) is 7.05 Å². The van der Waals surface area contributed by atoms with Crippen molar-refractivity contribution in [3.8, 4) is 6.07 Å². The number of rotatable bonds is 4. The molecule has 1 aromatic rings. The lowest BCUT2D eigenvalue weighted by Gasteiger charge is -2.15. The minimum atomic E-state index is -4.56. The first kappa shape index (κ1) is 17.1. The molecule has 0 saturated heterocycles. The number of hydrogen-bond donors (Lipinski definition) is 3. The summed E-state index contributed by atoms with van der Waals surface area (Å²) in [6.07, 6.45) is -3.42. The van der Waals surface area contributed by atoms with E-state index >= 15 is 0 Å². The number of benzene rings is 1. The van der Waals surface area contributed by atoms with E-state index in [1.54, 1.807) is 6.07 Å². The van der Waals surface area contributed by atoms with Gasteiger partial charge in [0.05, 0.1) is 21.3 Å². The first-order valence-corrected chi connectivity index (χ1v) is 6.16. The van der Waals surface area contributed by atoms with Crippen molar-refractivity contribution in [2.75, 3.05) is 12.4 Å². The first-order valence-electron chi connectivity index (χ1n) is 5.40. The minimum Gasteiger partial charge on any atom is -0.375 e. The van der Waals surface area contributed by atoms with Crippen LogP contribution < -0.4 is 10.6 Å². The van der Waals surface area contributed by atoms with E-state index < -0.39 is 11.7 Å². The number of alkyl halides is 3. The maximum absolute atomic E-state index is 12.6. The second-order valence-corrected chi connectivity index (χ2v) is 4.59. The number of hydrogen-bond acceptors (Lipinski definition) is 4. The molecule has 4 nitrogen and oxygen atoms in total. The lowest BCUT2D eigenvalue weighted by Crippen LogP contribution is -2.17. The molecule has 0 radical (unpaired) electrons. The van der Waals surface area contributed by atoms with Crippen LogP contribution in [-0.4, -0.2) is 12.8 Å². The van der Waals surface area contributed by atoms with Crippen molar-refractivity contribution in [2.24, 2.45) is 0 Å². The predicted molar refractivity (Wildman–Crippen MR) is 75.6 cm³/mol. The highest BCUT2D eigenvalue weighted by Crippen LogP contribution is 2.38. The predicted octanol–water partition coefficient (Wildman–Crippen LogP) is 4.03.